The number of hydrogen-bond acceptors (Lipinski definition) is 4. The van der Waals surface area contributed by atoms with Crippen molar-refractivity contribution in [3.63, 3.8) is 0 Å². The summed E-state index contributed by atoms with van der Waals surface area (Å²) in [7, 11) is 2.00. The molecule has 1 aromatic carbocycles. The van der Waals surface area contributed by atoms with Crippen LogP contribution in [-0.4, -0.2) is 36.1 Å². The topological polar surface area (TPSA) is 41.3 Å². The summed E-state index contributed by atoms with van der Waals surface area (Å²) in [5.41, 5.74) is 1.25. The van der Waals surface area contributed by atoms with Crippen LogP contribution < -0.4 is 5.32 Å². The van der Waals surface area contributed by atoms with Crippen molar-refractivity contribution in [3.8, 4) is 0 Å². The number of rotatable bonds is 3. The lowest BCUT2D eigenvalue weighted by molar-refractivity contribution is 0.174. The zero-order valence-electron chi connectivity index (χ0n) is 11.8. The van der Waals surface area contributed by atoms with Gasteiger partial charge in [-0.1, -0.05) is 0 Å². The second-order valence-corrected chi connectivity index (χ2v) is 5.08. The van der Waals surface area contributed by atoms with Gasteiger partial charge >= 0.3 is 0 Å². The highest BCUT2D eigenvalue weighted by Gasteiger charge is 2.20. The third-order valence-electron chi connectivity index (χ3n) is 3.67. The molecule has 1 fully saturated rings. The second kappa shape index (κ2) is 7.94. The molecule has 21 heavy (non-hydrogen) atoms. The van der Waals surface area contributed by atoms with E-state index in [1.54, 1.807) is 6.07 Å². The first-order valence-electron chi connectivity index (χ1n) is 6.69. The van der Waals surface area contributed by atoms with Crippen LogP contribution in [0.4, 0.5) is 4.39 Å². The van der Waals surface area contributed by atoms with Crippen molar-refractivity contribution in [3.05, 3.63) is 29.9 Å². The summed E-state index contributed by atoms with van der Waals surface area (Å²) in [6, 6.07) is 4.98. The molecule has 0 bridgehead atoms. The number of oxazole rings is 1. The Balaban J connectivity index is 0.00000110. The average Bonchev–Trinajstić information content (AvgIpc) is 2.80. The van der Waals surface area contributed by atoms with E-state index >= 15 is 0 Å². The fraction of sp³-hybridized carbons (Fsp3) is 0.500. The molecule has 1 N–H and O–H groups in total. The zero-order valence-corrected chi connectivity index (χ0v) is 13.5. The number of hydrogen-bond donors (Lipinski definition) is 1. The van der Waals surface area contributed by atoms with Gasteiger partial charge in [0.1, 0.15) is 11.3 Å². The SMILES string of the molecule is CNC1CCCN(Cc2nc3cc(F)ccc3o2)C1.Cl.Cl. The highest BCUT2D eigenvalue weighted by atomic mass is 35.5. The molecule has 1 aliphatic rings. The lowest BCUT2D eigenvalue weighted by Gasteiger charge is -2.31. The van der Waals surface area contributed by atoms with Crippen molar-refractivity contribution >= 4 is 35.9 Å². The molecule has 7 heteroatoms. The van der Waals surface area contributed by atoms with Crippen LogP contribution in [0.15, 0.2) is 22.6 Å². The Morgan fingerprint density at radius 1 is 1.43 bits per heavy atom. The first kappa shape index (κ1) is 18.2. The molecule has 0 amide bonds. The monoisotopic (exact) mass is 335 g/mol. The van der Waals surface area contributed by atoms with Gasteiger partial charge < -0.3 is 9.73 Å². The molecule has 1 aromatic heterocycles. The molecule has 2 aromatic rings. The Morgan fingerprint density at radius 3 is 3.00 bits per heavy atom. The van der Waals surface area contributed by atoms with Crippen molar-refractivity contribution < 1.29 is 8.81 Å². The Morgan fingerprint density at radius 2 is 2.24 bits per heavy atom. The van der Waals surface area contributed by atoms with E-state index in [9.17, 15) is 4.39 Å². The summed E-state index contributed by atoms with van der Waals surface area (Å²) in [5, 5.41) is 3.31. The normalized spacial score (nSPS) is 19.0. The van der Waals surface area contributed by atoms with Crippen LogP contribution in [0.5, 0.6) is 0 Å². The van der Waals surface area contributed by atoms with Crippen LogP contribution in [0.2, 0.25) is 0 Å². The molecular weight excluding hydrogens is 316 g/mol. The predicted octanol–water partition coefficient (Wildman–Crippen LogP) is 2.99. The average molecular weight is 336 g/mol. The molecule has 1 atom stereocenters. The summed E-state index contributed by atoms with van der Waals surface area (Å²) in [5.74, 6) is 0.387. The maximum absolute atomic E-state index is 13.1. The molecule has 3 rings (SSSR count). The van der Waals surface area contributed by atoms with Crippen LogP contribution in [0.1, 0.15) is 18.7 Å². The Kier molecular flexibility index (Phi) is 6.87. The molecule has 0 radical (unpaired) electrons. The van der Waals surface area contributed by atoms with Crippen LogP contribution in [0.25, 0.3) is 11.1 Å². The smallest absolute Gasteiger partial charge is 0.209 e. The molecule has 0 spiro atoms. The van der Waals surface area contributed by atoms with E-state index in [2.05, 4.69) is 15.2 Å². The Labute approximate surface area is 135 Å². The summed E-state index contributed by atoms with van der Waals surface area (Å²) < 4.78 is 18.8. The first-order valence-corrected chi connectivity index (χ1v) is 6.69. The number of nitrogens with one attached hydrogen (secondary N) is 1. The van der Waals surface area contributed by atoms with Crippen molar-refractivity contribution in [1.29, 1.82) is 0 Å². The van der Waals surface area contributed by atoms with Crippen LogP contribution in [0, 0.1) is 5.82 Å². The molecule has 118 valence electrons. The van der Waals surface area contributed by atoms with Crippen LogP contribution in [-0.2, 0) is 6.54 Å². The zero-order chi connectivity index (χ0) is 13.2. The van der Waals surface area contributed by atoms with Gasteiger partial charge in [-0.3, -0.25) is 4.90 Å². The fourth-order valence-corrected chi connectivity index (χ4v) is 2.64. The van der Waals surface area contributed by atoms with Gasteiger partial charge in [0.2, 0.25) is 5.89 Å². The van der Waals surface area contributed by atoms with E-state index in [0.29, 0.717) is 29.6 Å². The van der Waals surface area contributed by atoms with E-state index < -0.39 is 0 Å². The number of fused-ring (bicyclic) bond motifs is 1. The van der Waals surface area contributed by atoms with Crippen molar-refractivity contribution in [2.45, 2.75) is 25.4 Å². The fourth-order valence-electron chi connectivity index (χ4n) is 2.64. The van der Waals surface area contributed by atoms with E-state index in [4.69, 9.17) is 4.42 Å². The molecule has 1 saturated heterocycles. The summed E-state index contributed by atoms with van der Waals surface area (Å²) >= 11 is 0. The Bertz CT molecular complexity index is 578. The number of halogens is 3. The first-order chi connectivity index (χ1) is 9.24. The summed E-state index contributed by atoms with van der Waals surface area (Å²) in [6.45, 7) is 2.75. The van der Waals surface area contributed by atoms with E-state index in [1.165, 1.54) is 25.0 Å². The van der Waals surface area contributed by atoms with Gasteiger partial charge in [0, 0.05) is 18.7 Å². The number of nitrogens with zero attached hydrogens (tertiary/aromatic N) is 2. The van der Waals surface area contributed by atoms with Gasteiger partial charge in [-0.15, -0.1) is 24.8 Å². The van der Waals surface area contributed by atoms with E-state index in [-0.39, 0.29) is 30.6 Å². The molecular formula is C14H20Cl2FN3O. The van der Waals surface area contributed by atoms with Crippen molar-refractivity contribution in [2.75, 3.05) is 20.1 Å². The number of aromatic nitrogens is 1. The van der Waals surface area contributed by atoms with Gasteiger partial charge in [-0.25, -0.2) is 9.37 Å². The number of piperidine rings is 1. The minimum absolute atomic E-state index is 0. The molecule has 1 aliphatic heterocycles. The summed E-state index contributed by atoms with van der Waals surface area (Å²) in [4.78, 5) is 6.67. The standard InChI is InChI=1S/C14H18FN3O.2ClH/c1-16-11-3-2-6-18(8-11)9-14-17-12-7-10(15)4-5-13(12)19-14;;/h4-5,7,11,16H,2-3,6,8-9H2,1H3;2*1H. The van der Waals surface area contributed by atoms with Crippen molar-refractivity contribution in [1.82, 2.24) is 15.2 Å². The highest BCUT2D eigenvalue weighted by molar-refractivity contribution is 5.85. The quantitative estimate of drug-likeness (QED) is 0.936. The number of likely N-dealkylation sites (tertiary alicyclic amines) is 1. The number of likely N-dealkylation sites (N-methyl/N-ethyl adjacent to an activating group) is 1. The van der Waals surface area contributed by atoms with E-state index in [1.807, 2.05) is 7.05 Å². The third-order valence-corrected chi connectivity index (χ3v) is 3.67. The van der Waals surface area contributed by atoms with Gasteiger partial charge in [-0.2, -0.15) is 0 Å². The maximum Gasteiger partial charge on any atom is 0.209 e. The summed E-state index contributed by atoms with van der Waals surface area (Å²) in [6.07, 6.45) is 2.39. The lowest BCUT2D eigenvalue weighted by atomic mass is 10.1. The Hall–Kier alpha value is -0.880. The van der Waals surface area contributed by atoms with Gasteiger partial charge in [0.05, 0.1) is 6.54 Å². The molecule has 0 saturated carbocycles. The van der Waals surface area contributed by atoms with Gasteiger partial charge in [0.25, 0.3) is 0 Å². The molecule has 1 unspecified atom stereocenters. The molecule has 4 nitrogen and oxygen atoms in total. The highest BCUT2D eigenvalue weighted by Crippen LogP contribution is 2.19. The minimum atomic E-state index is -0.277. The lowest BCUT2D eigenvalue weighted by Crippen LogP contribution is -2.43. The van der Waals surface area contributed by atoms with Gasteiger partial charge in [-0.05, 0) is 38.6 Å². The van der Waals surface area contributed by atoms with E-state index in [0.717, 1.165) is 13.1 Å². The van der Waals surface area contributed by atoms with Crippen LogP contribution >= 0.6 is 24.8 Å². The minimum Gasteiger partial charge on any atom is -0.439 e. The predicted molar refractivity (Wildman–Crippen MR) is 85.8 cm³/mol. The van der Waals surface area contributed by atoms with Crippen molar-refractivity contribution in [2.24, 2.45) is 0 Å². The maximum atomic E-state index is 13.1. The van der Waals surface area contributed by atoms with Crippen LogP contribution in [0.3, 0.4) is 0 Å². The largest absolute Gasteiger partial charge is 0.439 e. The second-order valence-electron chi connectivity index (χ2n) is 5.08. The molecule has 2 heterocycles. The molecule has 0 aliphatic carbocycles. The third kappa shape index (κ3) is 4.30. The van der Waals surface area contributed by atoms with Gasteiger partial charge in [0.15, 0.2) is 5.58 Å². The number of benzene rings is 1.